The molecule has 0 fully saturated rings. The van der Waals surface area contributed by atoms with Gasteiger partial charge in [-0.3, -0.25) is 9.36 Å². The molecule has 0 rings (SSSR count). The summed E-state index contributed by atoms with van der Waals surface area (Å²) in [5.41, 5.74) is -0.845. The number of rotatable bonds is 10. The Bertz CT molecular complexity index is 418. The Morgan fingerprint density at radius 1 is 1.18 bits per heavy atom. The van der Waals surface area contributed by atoms with Crippen LogP contribution in [0.25, 0.3) is 0 Å². The summed E-state index contributed by atoms with van der Waals surface area (Å²) >= 11 is 0. The lowest BCUT2D eigenvalue weighted by molar-refractivity contribution is -0.122. The van der Waals surface area contributed by atoms with E-state index in [1.165, 1.54) is 0 Å². The lowest BCUT2D eigenvalue weighted by atomic mass is 10.0. The highest BCUT2D eigenvalue weighted by molar-refractivity contribution is 7.55. The molecule has 128 valence electrons. The number of hydrogen-bond donors (Lipinski definition) is 1. The van der Waals surface area contributed by atoms with Crippen LogP contribution in [0.1, 0.15) is 48.0 Å². The fourth-order valence-corrected chi connectivity index (χ4v) is 4.25. The van der Waals surface area contributed by atoms with Gasteiger partial charge in [0, 0.05) is 0 Å². The van der Waals surface area contributed by atoms with Gasteiger partial charge in [0.15, 0.2) is 0 Å². The van der Waals surface area contributed by atoms with Gasteiger partial charge in [0.1, 0.15) is 5.66 Å². The molecule has 1 amide bonds. The van der Waals surface area contributed by atoms with Crippen molar-refractivity contribution in [1.29, 1.82) is 0 Å². The monoisotopic (exact) mass is 331 g/mol. The zero-order valence-electron chi connectivity index (χ0n) is 14.6. The maximum absolute atomic E-state index is 13.0. The van der Waals surface area contributed by atoms with Crippen LogP contribution < -0.4 is 5.32 Å². The first-order valence-electron chi connectivity index (χ1n) is 7.87. The molecule has 1 unspecified atom stereocenters. The van der Waals surface area contributed by atoms with Crippen molar-refractivity contribution in [2.45, 2.75) is 59.7 Å². The van der Waals surface area contributed by atoms with Crippen LogP contribution in [0.5, 0.6) is 0 Å². The minimum Gasteiger partial charge on any atom is -0.341 e. The Morgan fingerprint density at radius 3 is 2.00 bits per heavy atom. The number of hydrogen-bond acceptors (Lipinski definition) is 4. The molecule has 2 atom stereocenters. The highest BCUT2D eigenvalue weighted by atomic mass is 31.2. The molecule has 0 saturated heterocycles. The van der Waals surface area contributed by atoms with Gasteiger partial charge in [0.25, 0.3) is 0 Å². The predicted molar refractivity (Wildman–Crippen MR) is 89.7 cm³/mol. The van der Waals surface area contributed by atoms with Crippen molar-refractivity contribution < 1.29 is 18.4 Å². The Hall–Kier alpha value is -0.820. The zero-order chi connectivity index (χ0) is 17.3. The van der Waals surface area contributed by atoms with Crippen LogP contribution in [0.2, 0.25) is 0 Å². The molecule has 0 bridgehead atoms. The van der Waals surface area contributed by atoms with Crippen LogP contribution in [0.3, 0.4) is 0 Å². The molecule has 0 aromatic heterocycles. The number of terminal acetylenes is 1. The maximum atomic E-state index is 13.0. The summed E-state index contributed by atoms with van der Waals surface area (Å²) in [6.07, 6.45) is 5.87. The topological polar surface area (TPSA) is 64.6 Å². The number of amides is 1. The van der Waals surface area contributed by atoms with Gasteiger partial charge < -0.3 is 14.4 Å². The van der Waals surface area contributed by atoms with Gasteiger partial charge in [0.05, 0.1) is 19.3 Å². The molecular formula is C16H30NO4P. The van der Waals surface area contributed by atoms with Crippen molar-refractivity contribution in [1.82, 2.24) is 5.32 Å². The van der Waals surface area contributed by atoms with E-state index in [0.717, 1.165) is 0 Å². The summed E-state index contributed by atoms with van der Waals surface area (Å²) in [4.78, 5) is 12.6. The minimum absolute atomic E-state index is 0.0900. The van der Waals surface area contributed by atoms with E-state index in [0.29, 0.717) is 6.42 Å². The first-order valence-corrected chi connectivity index (χ1v) is 9.48. The summed E-state index contributed by atoms with van der Waals surface area (Å²) < 4.78 is 23.7. The Labute approximate surface area is 135 Å². The van der Waals surface area contributed by atoms with E-state index >= 15 is 0 Å². The van der Waals surface area contributed by atoms with Crippen molar-refractivity contribution in [2.75, 3.05) is 13.2 Å². The fraction of sp³-hybridized carbons (Fsp3) is 0.812. The van der Waals surface area contributed by atoms with Gasteiger partial charge in [-0.2, -0.15) is 0 Å². The fourth-order valence-electron chi connectivity index (χ4n) is 2.05. The van der Waals surface area contributed by atoms with E-state index in [4.69, 9.17) is 15.5 Å². The molecule has 0 aliphatic heterocycles. The van der Waals surface area contributed by atoms with Crippen LogP contribution >= 0.6 is 7.60 Å². The number of carbonyl (C=O) groups excluding carboxylic acids is 1. The van der Waals surface area contributed by atoms with Crippen molar-refractivity contribution in [3.8, 4) is 12.3 Å². The van der Waals surface area contributed by atoms with E-state index in [9.17, 15) is 9.36 Å². The van der Waals surface area contributed by atoms with Gasteiger partial charge in [-0.05, 0) is 32.1 Å². The average Bonchev–Trinajstić information content (AvgIpc) is 2.41. The molecule has 22 heavy (non-hydrogen) atoms. The zero-order valence-corrected chi connectivity index (χ0v) is 15.5. The van der Waals surface area contributed by atoms with Crippen molar-refractivity contribution in [2.24, 2.45) is 11.8 Å². The summed E-state index contributed by atoms with van der Waals surface area (Å²) in [6, 6.07) is -0.404. The summed E-state index contributed by atoms with van der Waals surface area (Å²) in [5.74, 6) is 2.45. The molecule has 0 spiro atoms. The average molecular weight is 331 g/mol. The molecule has 0 aromatic carbocycles. The first kappa shape index (κ1) is 21.2. The Morgan fingerprint density at radius 2 is 1.68 bits per heavy atom. The Balaban J connectivity index is 5.37. The van der Waals surface area contributed by atoms with Crippen molar-refractivity contribution >= 4 is 13.5 Å². The van der Waals surface area contributed by atoms with Gasteiger partial charge in [-0.15, -0.1) is 6.42 Å². The van der Waals surface area contributed by atoms with Crippen LogP contribution in [-0.4, -0.2) is 30.8 Å². The second-order valence-corrected chi connectivity index (χ2v) is 8.14. The SMILES string of the molecule is C#C[C@@H](NC(=O)C(CC(C)C)P(=O)(OCC)OCC)C(C)C. The largest absolute Gasteiger partial charge is 0.343 e. The molecule has 0 heterocycles. The van der Waals surface area contributed by atoms with E-state index in [1.54, 1.807) is 13.8 Å². The lowest BCUT2D eigenvalue weighted by Gasteiger charge is -2.28. The maximum Gasteiger partial charge on any atom is 0.343 e. The highest BCUT2D eigenvalue weighted by Crippen LogP contribution is 2.55. The van der Waals surface area contributed by atoms with Crippen molar-refractivity contribution in [3.05, 3.63) is 0 Å². The quantitative estimate of drug-likeness (QED) is 0.492. The van der Waals surface area contributed by atoms with E-state index in [-0.39, 0.29) is 31.0 Å². The third kappa shape index (κ3) is 6.52. The Kier molecular flexibility index (Phi) is 9.67. The molecule has 0 aromatic rings. The standard InChI is InChI=1S/C16H30NO4P/c1-8-14(13(6)7)17-16(18)15(11-12(4)5)22(19,20-9-2)21-10-3/h1,12-15H,9-11H2,2-7H3,(H,17,18)/t14-,15?/m1/s1. The lowest BCUT2D eigenvalue weighted by Crippen LogP contribution is -2.44. The number of carbonyl (C=O) groups is 1. The van der Waals surface area contributed by atoms with Crippen LogP contribution in [0.15, 0.2) is 0 Å². The van der Waals surface area contributed by atoms with Crippen molar-refractivity contribution in [3.63, 3.8) is 0 Å². The van der Waals surface area contributed by atoms with Crippen LogP contribution in [0.4, 0.5) is 0 Å². The van der Waals surface area contributed by atoms with Gasteiger partial charge in [-0.25, -0.2) is 0 Å². The molecule has 0 radical (unpaired) electrons. The molecule has 6 heteroatoms. The summed E-state index contributed by atoms with van der Waals surface area (Å²) in [7, 11) is -3.52. The molecule has 0 aliphatic carbocycles. The number of nitrogens with one attached hydrogen (secondary N) is 1. The smallest absolute Gasteiger partial charge is 0.341 e. The van der Waals surface area contributed by atoms with Gasteiger partial charge in [0.2, 0.25) is 5.91 Å². The highest BCUT2D eigenvalue weighted by Gasteiger charge is 2.41. The van der Waals surface area contributed by atoms with Crippen LogP contribution in [-0.2, 0) is 18.4 Å². The third-order valence-electron chi connectivity index (χ3n) is 3.14. The minimum atomic E-state index is -3.52. The first-order chi connectivity index (χ1) is 10.2. The third-order valence-corrected chi connectivity index (χ3v) is 5.59. The molecule has 0 aliphatic rings. The normalized spacial score (nSPS) is 14.7. The predicted octanol–water partition coefficient (Wildman–Crippen LogP) is 3.44. The van der Waals surface area contributed by atoms with Crippen LogP contribution in [0, 0.1) is 24.2 Å². The summed E-state index contributed by atoms with van der Waals surface area (Å²) in [6.45, 7) is 11.7. The van der Waals surface area contributed by atoms with Gasteiger partial charge in [-0.1, -0.05) is 33.6 Å². The molecule has 0 saturated carbocycles. The van der Waals surface area contributed by atoms with E-state index in [1.807, 2.05) is 27.7 Å². The molecular weight excluding hydrogens is 301 g/mol. The second kappa shape index (κ2) is 10.0. The molecule has 5 nitrogen and oxygen atoms in total. The van der Waals surface area contributed by atoms with E-state index in [2.05, 4.69) is 11.2 Å². The van der Waals surface area contributed by atoms with E-state index < -0.39 is 19.3 Å². The molecule has 1 N–H and O–H groups in total. The second-order valence-electron chi connectivity index (χ2n) is 5.92. The summed E-state index contributed by atoms with van der Waals surface area (Å²) in [5, 5.41) is 2.79. The van der Waals surface area contributed by atoms with Gasteiger partial charge >= 0.3 is 7.60 Å².